The van der Waals surface area contributed by atoms with Crippen molar-refractivity contribution in [3.05, 3.63) is 57.6 Å². The van der Waals surface area contributed by atoms with Crippen molar-refractivity contribution >= 4 is 29.4 Å². The van der Waals surface area contributed by atoms with E-state index in [1.807, 2.05) is 0 Å². The van der Waals surface area contributed by atoms with Crippen LogP contribution in [0.4, 0.5) is 31.1 Å². The standard InChI is InChI=1S/2C7H4ClF3O.CH2O3/c2*8-5-3-4(7(9,10)11)1-2-6(5)12;2-1(3)4/h2*1-3,12H;(H2,2,3,4). The van der Waals surface area contributed by atoms with Gasteiger partial charge in [-0.05, 0) is 36.4 Å². The van der Waals surface area contributed by atoms with Crippen molar-refractivity contribution in [3.63, 3.8) is 0 Å². The van der Waals surface area contributed by atoms with E-state index in [1.165, 1.54) is 0 Å². The summed E-state index contributed by atoms with van der Waals surface area (Å²) in [6, 6.07) is 4.70. The molecule has 0 bridgehead atoms. The second-order valence-corrected chi connectivity index (χ2v) is 5.42. The van der Waals surface area contributed by atoms with E-state index in [0.29, 0.717) is 12.1 Å². The molecule has 0 saturated heterocycles. The minimum atomic E-state index is -4.42. The number of rotatable bonds is 0. The summed E-state index contributed by atoms with van der Waals surface area (Å²) in [7, 11) is 0. The fourth-order valence-corrected chi connectivity index (χ4v) is 1.73. The average Bonchev–Trinajstić information content (AvgIpc) is 2.50. The largest absolute Gasteiger partial charge is 0.506 e. The van der Waals surface area contributed by atoms with E-state index in [4.69, 9.17) is 48.4 Å². The van der Waals surface area contributed by atoms with Crippen LogP contribution in [0, 0.1) is 0 Å². The molecule has 0 aliphatic carbocycles. The molecule has 0 aliphatic rings. The molecule has 5 nitrogen and oxygen atoms in total. The third-order valence-corrected chi connectivity index (χ3v) is 3.16. The Morgan fingerprint density at radius 2 is 0.964 bits per heavy atom. The van der Waals surface area contributed by atoms with Gasteiger partial charge < -0.3 is 20.4 Å². The zero-order valence-corrected chi connectivity index (χ0v) is 14.7. The Morgan fingerprint density at radius 1 is 0.714 bits per heavy atom. The summed E-state index contributed by atoms with van der Waals surface area (Å²) in [6.45, 7) is 0. The monoisotopic (exact) mass is 454 g/mol. The Balaban J connectivity index is 0.000000439. The van der Waals surface area contributed by atoms with Crippen molar-refractivity contribution in [3.8, 4) is 11.5 Å². The lowest BCUT2D eigenvalue weighted by Crippen LogP contribution is -2.03. The van der Waals surface area contributed by atoms with Gasteiger partial charge in [0, 0.05) is 0 Å². The van der Waals surface area contributed by atoms with E-state index < -0.39 is 29.6 Å². The van der Waals surface area contributed by atoms with E-state index >= 15 is 0 Å². The van der Waals surface area contributed by atoms with Gasteiger partial charge in [0.1, 0.15) is 11.5 Å². The highest BCUT2D eigenvalue weighted by molar-refractivity contribution is 6.32. The maximum atomic E-state index is 12.0. The lowest BCUT2D eigenvalue weighted by Gasteiger charge is -2.06. The van der Waals surface area contributed by atoms with Crippen LogP contribution in [-0.4, -0.2) is 26.6 Å². The van der Waals surface area contributed by atoms with Gasteiger partial charge in [0.25, 0.3) is 0 Å². The van der Waals surface area contributed by atoms with Gasteiger partial charge in [-0.25, -0.2) is 4.79 Å². The number of hydrogen-bond donors (Lipinski definition) is 4. The molecule has 13 heteroatoms. The molecule has 0 radical (unpaired) electrons. The summed E-state index contributed by atoms with van der Waals surface area (Å²) in [5.41, 5.74) is -1.74. The van der Waals surface area contributed by atoms with Crippen LogP contribution in [0.1, 0.15) is 11.1 Å². The van der Waals surface area contributed by atoms with Crippen molar-refractivity contribution in [2.45, 2.75) is 12.4 Å². The van der Waals surface area contributed by atoms with Crippen LogP contribution in [0.25, 0.3) is 0 Å². The fourth-order valence-electron chi connectivity index (χ4n) is 1.37. The number of carbonyl (C=O) groups is 1. The van der Waals surface area contributed by atoms with Crippen molar-refractivity contribution in [1.82, 2.24) is 0 Å². The van der Waals surface area contributed by atoms with Crippen molar-refractivity contribution < 1.29 is 51.6 Å². The molecule has 2 rings (SSSR count). The van der Waals surface area contributed by atoms with Gasteiger partial charge in [0.2, 0.25) is 0 Å². The summed E-state index contributed by atoms with van der Waals surface area (Å²) in [5, 5.41) is 31.0. The molecule has 0 aliphatic heterocycles. The van der Waals surface area contributed by atoms with Crippen molar-refractivity contribution in [2.75, 3.05) is 0 Å². The van der Waals surface area contributed by atoms with E-state index in [1.54, 1.807) is 0 Å². The van der Waals surface area contributed by atoms with Crippen LogP contribution in [0.2, 0.25) is 10.0 Å². The van der Waals surface area contributed by atoms with Crippen LogP contribution >= 0.6 is 23.2 Å². The van der Waals surface area contributed by atoms with Crippen molar-refractivity contribution in [2.24, 2.45) is 0 Å². The van der Waals surface area contributed by atoms with Crippen LogP contribution in [0.5, 0.6) is 11.5 Å². The third kappa shape index (κ3) is 9.42. The number of phenolic OH excluding ortho intramolecular Hbond substituents is 2. The maximum absolute atomic E-state index is 12.0. The Kier molecular flexibility index (Phi) is 9.22. The highest BCUT2D eigenvalue weighted by Crippen LogP contribution is 2.34. The molecule has 0 aromatic heterocycles. The molecule has 0 spiro atoms. The molecule has 28 heavy (non-hydrogen) atoms. The number of aromatic hydroxyl groups is 2. The number of hydrogen-bond acceptors (Lipinski definition) is 3. The molecule has 0 heterocycles. The van der Waals surface area contributed by atoms with Gasteiger partial charge >= 0.3 is 18.5 Å². The quantitative estimate of drug-likeness (QED) is 0.347. The Labute approximate surface area is 163 Å². The lowest BCUT2D eigenvalue weighted by atomic mass is 10.2. The van der Waals surface area contributed by atoms with E-state index in [9.17, 15) is 26.3 Å². The molecule has 2 aromatic rings. The number of alkyl halides is 6. The Hall–Kier alpha value is -2.53. The minimum absolute atomic E-state index is 0.301. The zero-order chi connectivity index (χ0) is 22.3. The molecular weight excluding hydrogens is 445 g/mol. The molecule has 0 atom stereocenters. The van der Waals surface area contributed by atoms with E-state index in [2.05, 4.69) is 0 Å². The number of benzene rings is 2. The number of halogens is 8. The molecule has 156 valence electrons. The topological polar surface area (TPSA) is 98.0 Å². The first-order chi connectivity index (χ1) is 12.6. The highest BCUT2D eigenvalue weighted by Gasteiger charge is 2.31. The van der Waals surface area contributed by atoms with Crippen LogP contribution in [0.15, 0.2) is 36.4 Å². The minimum Gasteiger partial charge on any atom is -0.506 e. The normalized spacial score (nSPS) is 10.9. The van der Waals surface area contributed by atoms with Crippen LogP contribution in [-0.2, 0) is 12.4 Å². The summed E-state index contributed by atoms with van der Waals surface area (Å²) >= 11 is 10.5. The van der Waals surface area contributed by atoms with E-state index in [-0.39, 0.29) is 21.5 Å². The lowest BCUT2D eigenvalue weighted by molar-refractivity contribution is -0.138. The van der Waals surface area contributed by atoms with Gasteiger partial charge in [-0.15, -0.1) is 0 Å². The van der Waals surface area contributed by atoms with Gasteiger partial charge in [0.05, 0.1) is 21.2 Å². The first-order valence-electron chi connectivity index (χ1n) is 6.59. The molecule has 0 amide bonds. The van der Waals surface area contributed by atoms with E-state index in [0.717, 1.165) is 24.3 Å². The summed E-state index contributed by atoms with van der Waals surface area (Å²) < 4.78 is 71.8. The van der Waals surface area contributed by atoms with Gasteiger partial charge in [-0.1, -0.05) is 23.2 Å². The molecule has 0 unspecified atom stereocenters. The maximum Gasteiger partial charge on any atom is 0.503 e. The molecule has 0 saturated carbocycles. The number of phenols is 2. The second-order valence-electron chi connectivity index (χ2n) is 4.61. The third-order valence-electron chi connectivity index (χ3n) is 2.55. The molecule has 4 N–H and O–H groups in total. The smallest absolute Gasteiger partial charge is 0.503 e. The van der Waals surface area contributed by atoms with Crippen LogP contribution in [0.3, 0.4) is 0 Å². The van der Waals surface area contributed by atoms with Crippen LogP contribution < -0.4 is 0 Å². The summed E-state index contributed by atoms with van der Waals surface area (Å²) in [4.78, 5) is 8.56. The molecular formula is C15H10Cl2F6O5. The zero-order valence-electron chi connectivity index (χ0n) is 13.2. The number of carboxylic acid groups (broad SMARTS) is 2. The predicted molar refractivity (Wildman–Crippen MR) is 86.9 cm³/mol. The van der Waals surface area contributed by atoms with Gasteiger partial charge in [0.15, 0.2) is 0 Å². The highest BCUT2D eigenvalue weighted by atomic mass is 35.5. The first kappa shape index (κ1) is 25.5. The molecule has 0 fully saturated rings. The summed E-state index contributed by atoms with van der Waals surface area (Å²) in [5.74, 6) is -0.714. The van der Waals surface area contributed by atoms with Gasteiger partial charge in [-0.3, -0.25) is 0 Å². The second kappa shape index (κ2) is 10.1. The average molecular weight is 455 g/mol. The Bertz CT molecular complexity index is 743. The van der Waals surface area contributed by atoms with Crippen molar-refractivity contribution in [1.29, 1.82) is 0 Å². The SMILES string of the molecule is O=C(O)O.Oc1ccc(C(F)(F)F)cc1Cl.Oc1ccc(C(F)(F)F)cc1Cl. The Morgan fingerprint density at radius 3 is 1.14 bits per heavy atom. The summed E-state index contributed by atoms with van der Waals surface area (Å²) in [6.07, 6.45) is -10.7. The fraction of sp³-hybridized carbons (Fsp3) is 0.133. The molecule has 2 aromatic carbocycles. The first-order valence-corrected chi connectivity index (χ1v) is 7.34. The predicted octanol–water partition coefficient (Wildman–Crippen LogP) is 6.35. The van der Waals surface area contributed by atoms with Gasteiger partial charge in [-0.2, -0.15) is 26.3 Å².